The molecule has 0 N–H and O–H groups in total. The number of imide groups is 1. The van der Waals surface area contributed by atoms with E-state index in [2.05, 4.69) is 0 Å². The maximum atomic E-state index is 12.7. The number of amides is 2. The van der Waals surface area contributed by atoms with E-state index in [1.807, 2.05) is 54.6 Å². The molecule has 3 aromatic rings. The smallest absolute Gasteiger partial charge is 0.293 e. The van der Waals surface area contributed by atoms with Crippen LogP contribution in [0.4, 0.5) is 4.79 Å². The van der Waals surface area contributed by atoms with Crippen molar-refractivity contribution in [1.82, 2.24) is 4.90 Å². The third-order valence-corrected chi connectivity index (χ3v) is 6.26. The standard InChI is InChI=1S/C25H19Cl2NO4S/c26-19-10-9-18(22(27)15-19)16-32-21-8-4-5-17(13-21)14-23-24(29)28(25(30)33-23)11-12-31-20-6-2-1-3-7-20/h1-10,13-15H,11-12,16H2/b23-14-. The van der Waals surface area contributed by atoms with E-state index in [1.165, 1.54) is 4.90 Å². The van der Waals surface area contributed by atoms with Crippen LogP contribution in [0.1, 0.15) is 11.1 Å². The number of para-hydroxylation sites is 1. The summed E-state index contributed by atoms with van der Waals surface area (Å²) < 4.78 is 11.4. The summed E-state index contributed by atoms with van der Waals surface area (Å²) >= 11 is 13.0. The van der Waals surface area contributed by atoms with Crippen molar-refractivity contribution >= 4 is 52.2 Å². The van der Waals surface area contributed by atoms with Gasteiger partial charge in [-0.05, 0) is 59.8 Å². The van der Waals surface area contributed by atoms with Crippen LogP contribution in [0.5, 0.6) is 11.5 Å². The molecule has 1 aliphatic heterocycles. The van der Waals surface area contributed by atoms with E-state index in [4.69, 9.17) is 32.7 Å². The van der Waals surface area contributed by atoms with Crippen molar-refractivity contribution in [3.63, 3.8) is 0 Å². The van der Waals surface area contributed by atoms with Gasteiger partial charge in [-0.1, -0.05) is 59.6 Å². The van der Waals surface area contributed by atoms with Crippen LogP contribution in [0, 0.1) is 0 Å². The van der Waals surface area contributed by atoms with Gasteiger partial charge in [0.2, 0.25) is 0 Å². The monoisotopic (exact) mass is 499 g/mol. The number of carbonyl (C=O) groups is 2. The van der Waals surface area contributed by atoms with Crippen molar-refractivity contribution in [2.24, 2.45) is 0 Å². The first-order valence-corrected chi connectivity index (χ1v) is 11.7. The molecule has 0 spiro atoms. The fourth-order valence-electron chi connectivity index (χ4n) is 3.11. The summed E-state index contributed by atoms with van der Waals surface area (Å²) in [5.74, 6) is 0.975. The van der Waals surface area contributed by atoms with Gasteiger partial charge in [0.05, 0.1) is 11.4 Å². The third-order valence-electron chi connectivity index (χ3n) is 4.77. The number of nitrogens with zero attached hydrogens (tertiary/aromatic N) is 1. The molecule has 5 nitrogen and oxygen atoms in total. The SMILES string of the molecule is O=C1S/C(=C\c2cccc(OCc3ccc(Cl)cc3Cl)c2)C(=O)N1CCOc1ccccc1. The van der Waals surface area contributed by atoms with E-state index >= 15 is 0 Å². The lowest BCUT2D eigenvalue weighted by Gasteiger charge is -2.13. The Bertz CT molecular complexity index is 1200. The zero-order chi connectivity index (χ0) is 23.2. The molecule has 8 heteroatoms. The molecule has 0 atom stereocenters. The van der Waals surface area contributed by atoms with Gasteiger partial charge in [0.25, 0.3) is 11.1 Å². The highest BCUT2D eigenvalue weighted by Crippen LogP contribution is 2.32. The molecule has 1 aliphatic rings. The van der Waals surface area contributed by atoms with Crippen molar-refractivity contribution in [2.75, 3.05) is 13.2 Å². The van der Waals surface area contributed by atoms with E-state index < -0.39 is 0 Å². The number of benzene rings is 3. The van der Waals surface area contributed by atoms with Gasteiger partial charge in [-0.3, -0.25) is 14.5 Å². The Morgan fingerprint density at radius 1 is 0.879 bits per heavy atom. The minimum atomic E-state index is -0.332. The van der Waals surface area contributed by atoms with Crippen LogP contribution in [0.25, 0.3) is 6.08 Å². The topological polar surface area (TPSA) is 55.8 Å². The normalized spacial score (nSPS) is 14.7. The highest BCUT2D eigenvalue weighted by atomic mass is 35.5. The maximum Gasteiger partial charge on any atom is 0.293 e. The van der Waals surface area contributed by atoms with E-state index in [9.17, 15) is 9.59 Å². The van der Waals surface area contributed by atoms with E-state index in [0.29, 0.717) is 26.4 Å². The van der Waals surface area contributed by atoms with Crippen molar-refractivity contribution in [2.45, 2.75) is 6.61 Å². The van der Waals surface area contributed by atoms with Crippen LogP contribution in [0.15, 0.2) is 77.7 Å². The summed E-state index contributed by atoms with van der Waals surface area (Å²) in [6, 6.07) is 21.8. The molecule has 33 heavy (non-hydrogen) atoms. The molecule has 4 rings (SSSR count). The van der Waals surface area contributed by atoms with Crippen LogP contribution in [0.3, 0.4) is 0 Å². The molecule has 0 bridgehead atoms. The number of ether oxygens (including phenoxy) is 2. The number of carbonyl (C=O) groups excluding carboxylic acids is 2. The Morgan fingerprint density at radius 2 is 1.67 bits per heavy atom. The van der Waals surface area contributed by atoms with Crippen LogP contribution < -0.4 is 9.47 Å². The molecular weight excluding hydrogens is 481 g/mol. The molecule has 0 radical (unpaired) electrons. The zero-order valence-electron chi connectivity index (χ0n) is 17.4. The number of halogens is 2. The van der Waals surface area contributed by atoms with Crippen LogP contribution >= 0.6 is 35.0 Å². The van der Waals surface area contributed by atoms with Gasteiger partial charge in [-0.25, -0.2) is 0 Å². The second kappa shape index (κ2) is 10.8. The lowest BCUT2D eigenvalue weighted by atomic mass is 10.2. The van der Waals surface area contributed by atoms with Gasteiger partial charge in [0.1, 0.15) is 24.7 Å². The molecule has 0 unspecified atom stereocenters. The van der Waals surface area contributed by atoms with E-state index in [1.54, 1.807) is 24.3 Å². The number of rotatable bonds is 8. The average molecular weight is 500 g/mol. The number of hydrogen-bond acceptors (Lipinski definition) is 5. The highest BCUT2D eigenvalue weighted by Gasteiger charge is 2.34. The lowest BCUT2D eigenvalue weighted by molar-refractivity contribution is -0.123. The molecule has 1 saturated heterocycles. The average Bonchev–Trinajstić information content (AvgIpc) is 3.07. The lowest BCUT2D eigenvalue weighted by Crippen LogP contribution is -2.32. The van der Waals surface area contributed by atoms with Crippen molar-refractivity contribution in [1.29, 1.82) is 0 Å². The first-order chi connectivity index (χ1) is 16.0. The minimum absolute atomic E-state index is 0.182. The molecular formula is C25H19Cl2NO4S. The van der Waals surface area contributed by atoms with E-state index in [0.717, 1.165) is 22.9 Å². The van der Waals surface area contributed by atoms with Gasteiger partial charge in [-0.15, -0.1) is 0 Å². The Balaban J connectivity index is 1.38. The van der Waals surface area contributed by atoms with Crippen LogP contribution in [-0.4, -0.2) is 29.2 Å². The Labute approximate surface area is 205 Å². The fourth-order valence-corrected chi connectivity index (χ4v) is 4.44. The minimum Gasteiger partial charge on any atom is -0.492 e. The molecule has 0 aliphatic carbocycles. The summed E-state index contributed by atoms with van der Waals surface area (Å²) in [6.45, 7) is 0.686. The molecule has 1 fully saturated rings. The Hall–Kier alpha value is -2.93. The first kappa shape index (κ1) is 23.2. The van der Waals surface area contributed by atoms with Crippen molar-refractivity contribution < 1.29 is 19.1 Å². The van der Waals surface area contributed by atoms with Crippen molar-refractivity contribution in [3.8, 4) is 11.5 Å². The molecule has 0 saturated carbocycles. The van der Waals surface area contributed by atoms with Gasteiger partial charge in [0, 0.05) is 15.6 Å². The largest absolute Gasteiger partial charge is 0.492 e. The summed E-state index contributed by atoms with van der Waals surface area (Å²) in [5.41, 5.74) is 1.56. The number of hydrogen-bond donors (Lipinski definition) is 0. The molecule has 2 amide bonds. The van der Waals surface area contributed by atoms with Gasteiger partial charge in [0.15, 0.2) is 0 Å². The predicted molar refractivity (Wildman–Crippen MR) is 132 cm³/mol. The Kier molecular flexibility index (Phi) is 7.60. The van der Waals surface area contributed by atoms with Crippen molar-refractivity contribution in [3.05, 3.63) is 98.9 Å². The second-order valence-corrected chi connectivity index (χ2v) is 8.93. The Morgan fingerprint density at radius 3 is 2.45 bits per heavy atom. The van der Waals surface area contributed by atoms with E-state index in [-0.39, 0.29) is 30.9 Å². The summed E-state index contributed by atoms with van der Waals surface area (Å²) in [7, 11) is 0. The maximum absolute atomic E-state index is 12.7. The molecule has 3 aromatic carbocycles. The van der Waals surface area contributed by atoms with Gasteiger partial charge >= 0.3 is 0 Å². The fraction of sp³-hybridized carbons (Fsp3) is 0.120. The summed E-state index contributed by atoms with van der Waals surface area (Å²) in [6.07, 6.45) is 1.69. The second-order valence-electron chi connectivity index (χ2n) is 7.09. The summed E-state index contributed by atoms with van der Waals surface area (Å²) in [4.78, 5) is 26.6. The van der Waals surface area contributed by atoms with Crippen LogP contribution in [-0.2, 0) is 11.4 Å². The number of thioether (sulfide) groups is 1. The van der Waals surface area contributed by atoms with Gasteiger partial charge in [-0.2, -0.15) is 0 Å². The molecule has 1 heterocycles. The highest BCUT2D eigenvalue weighted by molar-refractivity contribution is 8.18. The van der Waals surface area contributed by atoms with Gasteiger partial charge < -0.3 is 9.47 Å². The molecule has 168 valence electrons. The predicted octanol–water partition coefficient (Wildman–Crippen LogP) is 6.69. The molecule has 0 aromatic heterocycles. The van der Waals surface area contributed by atoms with Crippen LogP contribution in [0.2, 0.25) is 10.0 Å². The summed E-state index contributed by atoms with van der Waals surface area (Å²) in [5, 5.41) is 0.780. The quantitative estimate of drug-likeness (QED) is 0.323. The zero-order valence-corrected chi connectivity index (χ0v) is 19.7. The third kappa shape index (κ3) is 6.11. The first-order valence-electron chi connectivity index (χ1n) is 10.1.